The second kappa shape index (κ2) is 10.3. The summed E-state index contributed by atoms with van der Waals surface area (Å²) in [6.45, 7) is 3.05. The smallest absolute Gasteiger partial charge is 0.264 e. The number of rotatable bonds is 9. The first kappa shape index (κ1) is 20.5. The predicted molar refractivity (Wildman–Crippen MR) is 115 cm³/mol. The van der Waals surface area contributed by atoms with Crippen molar-refractivity contribution in [2.24, 2.45) is 0 Å². The highest BCUT2D eigenvalue weighted by Gasteiger charge is 2.25. The molecule has 4 heteroatoms. The molecule has 150 valence electrons. The zero-order valence-corrected chi connectivity index (χ0v) is 17.0. The van der Waals surface area contributed by atoms with Crippen LogP contribution in [0.2, 0.25) is 0 Å². The minimum Gasteiger partial charge on any atom is -0.497 e. The van der Waals surface area contributed by atoms with E-state index in [4.69, 9.17) is 9.47 Å². The highest BCUT2D eigenvalue weighted by atomic mass is 16.5. The molecule has 0 heterocycles. The molecule has 0 saturated heterocycles. The molecule has 1 atom stereocenters. The molecule has 3 aromatic carbocycles. The first-order chi connectivity index (χ1) is 14.2. The lowest BCUT2D eigenvalue weighted by Crippen LogP contribution is -2.41. The van der Waals surface area contributed by atoms with Crippen LogP contribution in [0.15, 0.2) is 84.9 Å². The fourth-order valence-corrected chi connectivity index (χ4v) is 3.15. The quantitative estimate of drug-likeness (QED) is 0.512. The molecule has 3 aromatic rings. The molecule has 0 fully saturated rings. The number of carbonyl (C=O) groups is 1. The number of hydrogen-bond acceptors (Lipinski definition) is 3. The number of carbonyl (C=O) groups excluding carboxylic acids is 1. The van der Waals surface area contributed by atoms with E-state index in [0.717, 1.165) is 16.9 Å². The van der Waals surface area contributed by atoms with E-state index >= 15 is 0 Å². The van der Waals surface area contributed by atoms with Gasteiger partial charge >= 0.3 is 0 Å². The summed E-state index contributed by atoms with van der Waals surface area (Å²) in [6, 6.07) is 27.4. The summed E-state index contributed by atoms with van der Waals surface area (Å²) in [5, 5.41) is 0. The molecule has 4 nitrogen and oxygen atoms in total. The van der Waals surface area contributed by atoms with Gasteiger partial charge in [0.1, 0.15) is 11.5 Å². The van der Waals surface area contributed by atoms with Crippen molar-refractivity contribution >= 4 is 5.91 Å². The van der Waals surface area contributed by atoms with E-state index in [2.05, 4.69) is 0 Å². The third-order valence-electron chi connectivity index (χ3n) is 4.73. The number of nitrogens with zero attached hydrogens (tertiary/aromatic N) is 1. The van der Waals surface area contributed by atoms with Gasteiger partial charge in [-0.25, -0.2) is 0 Å². The molecule has 0 unspecified atom stereocenters. The lowest BCUT2D eigenvalue weighted by Gasteiger charge is -2.28. The minimum atomic E-state index is -0.546. The highest BCUT2D eigenvalue weighted by Crippen LogP contribution is 2.21. The van der Waals surface area contributed by atoms with Gasteiger partial charge in [-0.15, -0.1) is 0 Å². The van der Waals surface area contributed by atoms with Crippen molar-refractivity contribution in [3.05, 3.63) is 96.1 Å². The van der Waals surface area contributed by atoms with E-state index in [1.54, 1.807) is 7.11 Å². The van der Waals surface area contributed by atoms with Gasteiger partial charge < -0.3 is 14.4 Å². The van der Waals surface area contributed by atoms with Crippen molar-refractivity contribution in [1.29, 1.82) is 0 Å². The molecule has 0 bridgehead atoms. The number of benzene rings is 3. The van der Waals surface area contributed by atoms with Crippen LogP contribution in [0.3, 0.4) is 0 Å². The van der Waals surface area contributed by atoms with Crippen LogP contribution in [0, 0.1) is 0 Å². The Morgan fingerprint density at radius 1 is 0.793 bits per heavy atom. The Morgan fingerprint density at radius 2 is 1.28 bits per heavy atom. The van der Waals surface area contributed by atoms with Crippen molar-refractivity contribution in [3.8, 4) is 11.5 Å². The van der Waals surface area contributed by atoms with Gasteiger partial charge in [-0.1, -0.05) is 67.6 Å². The van der Waals surface area contributed by atoms with Gasteiger partial charge in [-0.2, -0.15) is 0 Å². The van der Waals surface area contributed by atoms with Crippen LogP contribution in [0.5, 0.6) is 11.5 Å². The maximum absolute atomic E-state index is 13.4. The van der Waals surface area contributed by atoms with Crippen LogP contribution in [-0.2, 0) is 17.9 Å². The fourth-order valence-electron chi connectivity index (χ4n) is 3.15. The molecule has 0 aromatic heterocycles. The monoisotopic (exact) mass is 389 g/mol. The summed E-state index contributed by atoms with van der Waals surface area (Å²) in [7, 11) is 1.62. The molecule has 0 aliphatic rings. The number of hydrogen-bond donors (Lipinski definition) is 0. The van der Waals surface area contributed by atoms with Crippen LogP contribution in [0.1, 0.15) is 24.5 Å². The topological polar surface area (TPSA) is 38.8 Å². The van der Waals surface area contributed by atoms with E-state index in [1.807, 2.05) is 96.8 Å². The van der Waals surface area contributed by atoms with Crippen LogP contribution in [-0.4, -0.2) is 24.0 Å². The first-order valence-electron chi connectivity index (χ1n) is 9.87. The van der Waals surface area contributed by atoms with Crippen LogP contribution in [0.25, 0.3) is 0 Å². The number of methoxy groups -OCH3 is 1. The van der Waals surface area contributed by atoms with Crippen molar-refractivity contribution in [3.63, 3.8) is 0 Å². The van der Waals surface area contributed by atoms with Crippen LogP contribution >= 0.6 is 0 Å². The Morgan fingerprint density at radius 3 is 1.72 bits per heavy atom. The van der Waals surface area contributed by atoms with Gasteiger partial charge in [-0.3, -0.25) is 4.79 Å². The van der Waals surface area contributed by atoms with Crippen molar-refractivity contribution < 1.29 is 14.3 Å². The standard InChI is InChI=1S/C25H27NO3/c1-3-24(29-23-16-14-22(28-2)15-17-23)25(27)26(18-20-10-6-4-7-11-20)19-21-12-8-5-9-13-21/h4-17,24H,3,18-19H2,1-2H3/t24-/m0/s1. The third kappa shape index (κ3) is 5.85. The molecule has 0 aliphatic carbocycles. The van der Waals surface area contributed by atoms with Crippen LogP contribution < -0.4 is 9.47 Å². The second-order valence-electron chi connectivity index (χ2n) is 6.86. The highest BCUT2D eigenvalue weighted by molar-refractivity contribution is 5.81. The Bertz CT molecular complexity index is 837. The maximum atomic E-state index is 13.4. The average Bonchev–Trinajstić information content (AvgIpc) is 2.78. The zero-order valence-electron chi connectivity index (χ0n) is 17.0. The predicted octanol–water partition coefficient (Wildman–Crippen LogP) is 5.08. The molecular weight excluding hydrogens is 362 g/mol. The van der Waals surface area contributed by atoms with Gasteiger partial charge in [-0.05, 0) is 41.8 Å². The number of ether oxygens (including phenoxy) is 2. The Hall–Kier alpha value is -3.27. The molecule has 29 heavy (non-hydrogen) atoms. The van der Waals surface area contributed by atoms with Gasteiger partial charge in [0.15, 0.2) is 6.10 Å². The fraction of sp³-hybridized carbons (Fsp3) is 0.240. The van der Waals surface area contributed by atoms with E-state index in [1.165, 1.54) is 0 Å². The lowest BCUT2D eigenvalue weighted by molar-refractivity contribution is -0.140. The molecule has 3 rings (SSSR count). The van der Waals surface area contributed by atoms with Gasteiger partial charge in [0.25, 0.3) is 5.91 Å². The summed E-state index contributed by atoms with van der Waals surface area (Å²) in [6.07, 6.45) is 0.0427. The molecule has 0 aliphatic heterocycles. The summed E-state index contributed by atoms with van der Waals surface area (Å²) >= 11 is 0. The Balaban J connectivity index is 1.78. The van der Waals surface area contributed by atoms with Gasteiger partial charge in [0, 0.05) is 13.1 Å². The van der Waals surface area contributed by atoms with E-state index in [0.29, 0.717) is 25.3 Å². The largest absolute Gasteiger partial charge is 0.497 e. The third-order valence-corrected chi connectivity index (χ3v) is 4.73. The maximum Gasteiger partial charge on any atom is 0.264 e. The molecule has 0 radical (unpaired) electrons. The SMILES string of the molecule is CC[C@H](Oc1ccc(OC)cc1)C(=O)N(Cc1ccccc1)Cc1ccccc1. The van der Waals surface area contributed by atoms with E-state index < -0.39 is 6.10 Å². The first-order valence-corrected chi connectivity index (χ1v) is 9.87. The Kier molecular flexibility index (Phi) is 7.28. The lowest BCUT2D eigenvalue weighted by atomic mass is 10.1. The van der Waals surface area contributed by atoms with E-state index in [9.17, 15) is 4.79 Å². The normalized spacial score (nSPS) is 11.5. The molecule has 0 N–H and O–H groups in total. The van der Waals surface area contributed by atoms with Crippen molar-refractivity contribution in [2.45, 2.75) is 32.5 Å². The Labute approximate surface area is 172 Å². The molecule has 0 saturated carbocycles. The summed E-state index contributed by atoms with van der Waals surface area (Å²) in [4.78, 5) is 15.3. The van der Waals surface area contributed by atoms with Crippen molar-refractivity contribution in [2.75, 3.05) is 7.11 Å². The molecule has 1 amide bonds. The van der Waals surface area contributed by atoms with Crippen LogP contribution in [0.4, 0.5) is 0 Å². The van der Waals surface area contributed by atoms with Gasteiger partial charge in [0.05, 0.1) is 7.11 Å². The zero-order chi connectivity index (χ0) is 20.5. The molecule has 0 spiro atoms. The average molecular weight is 389 g/mol. The minimum absolute atomic E-state index is 0.0176. The molecular formula is C25H27NO3. The second-order valence-corrected chi connectivity index (χ2v) is 6.86. The number of amides is 1. The van der Waals surface area contributed by atoms with Gasteiger partial charge in [0.2, 0.25) is 0 Å². The summed E-state index contributed by atoms with van der Waals surface area (Å²) in [5.74, 6) is 1.40. The van der Waals surface area contributed by atoms with Crippen molar-refractivity contribution in [1.82, 2.24) is 4.90 Å². The summed E-state index contributed by atoms with van der Waals surface area (Å²) in [5.41, 5.74) is 2.19. The van der Waals surface area contributed by atoms with E-state index in [-0.39, 0.29) is 5.91 Å². The summed E-state index contributed by atoms with van der Waals surface area (Å²) < 4.78 is 11.2.